The van der Waals surface area contributed by atoms with Crippen LogP contribution in [0.25, 0.3) is 11.5 Å². The van der Waals surface area contributed by atoms with E-state index in [4.69, 9.17) is 16.0 Å². The molecule has 30 heavy (non-hydrogen) atoms. The Morgan fingerprint density at radius 2 is 1.83 bits per heavy atom. The SMILES string of the molecule is CCS(=O)(=O)N1CCC(C(=O)N(Cc2nnc(-c3ccc(Cl)cc3)o2)C2CC2)CC1. The molecule has 162 valence electrons. The summed E-state index contributed by atoms with van der Waals surface area (Å²) in [6.07, 6.45) is 3.02. The number of piperidine rings is 1. The van der Waals surface area contributed by atoms with Crippen LogP contribution in [0.3, 0.4) is 0 Å². The molecule has 2 fully saturated rings. The maximum absolute atomic E-state index is 13.2. The molecule has 1 aliphatic carbocycles. The van der Waals surface area contributed by atoms with Crippen LogP contribution < -0.4 is 0 Å². The van der Waals surface area contributed by atoms with Crippen molar-refractivity contribution in [2.75, 3.05) is 18.8 Å². The maximum Gasteiger partial charge on any atom is 0.247 e. The first-order valence-corrected chi connectivity index (χ1v) is 12.2. The number of hydrogen-bond donors (Lipinski definition) is 0. The second-order valence-corrected chi connectivity index (χ2v) is 10.5. The summed E-state index contributed by atoms with van der Waals surface area (Å²) in [6.45, 7) is 2.71. The van der Waals surface area contributed by atoms with Crippen molar-refractivity contribution in [3.63, 3.8) is 0 Å². The van der Waals surface area contributed by atoms with Crippen molar-refractivity contribution in [1.82, 2.24) is 19.4 Å². The number of rotatable bonds is 7. The zero-order chi connectivity index (χ0) is 21.3. The van der Waals surface area contributed by atoms with E-state index in [9.17, 15) is 13.2 Å². The van der Waals surface area contributed by atoms with Crippen molar-refractivity contribution in [2.45, 2.75) is 45.2 Å². The summed E-state index contributed by atoms with van der Waals surface area (Å²) in [5.74, 6) is 0.756. The Hall–Kier alpha value is -1.97. The Bertz CT molecular complexity index is 996. The highest BCUT2D eigenvalue weighted by molar-refractivity contribution is 7.89. The molecule has 1 amide bonds. The molecule has 0 N–H and O–H groups in total. The van der Waals surface area contributed by atoms with Gasteiger partial charge in [-0.2, -0.15) is 0 Å². The summed E-state index contributed by atoms with van der Waals surface area (Å²) >= 11 is 5.92. The number of hydrogen-bond acceptors (Lipinski definition) is 6. The van der Waals surface area contributed by atoms with Crippen molar-refractivity contribution in [2.24, 2.45) is 5.92 Å². The van der Waals surface area contributed by atoms with Crippen LogP contribution in [0.2, 0.25) is 5.02 Å². The van der Waals surface area contributed by atoms with Crippen LogP contribution in [0, 0.1) is 5.92 Å². The quantitative estimate of drug-likeness (QED) is 0.640. The molecule has 1 saturated carbocycles. The zero-order valence-corrected chi connectivity index (χ0v) is 18.4. The van der Waals surface area contributed by atoms with Crippen LogP contribution >= 0.6 is 11.6 Å². The van der Waals surface area contributed by atoms with E-state index in [2.05, 4.69) is 10.2 Å². The number of aromatic nitrogens is 2. The number of carbonyl (C=O) groups excluding carboxylic acids is 1. The Balaban J connectivity index is 1.41. The summed E-state index contributed by atoms with van der Waals surface area (Å²) in [5, 5.41) is 8.84. The first kappa shape index (κ1) is 21.3. The van der Waals surface area contributed by atoms with Crippen molar-refractivity contribution < 1.29 is 17.6 Å². The van der Waals surface area contributed by atoms with Crippen molar-refractivity contribution in [3.8, 4) is 11.5 Å². The second kappa shape index (κ2) is 8.64. The lowest BCUT2D eigenvalue weighted by molar-refractivity contribution is -0.138. The molecular formula is C20H25ClN4O4S. The molecule has 2 aromatic rings. The van der Waals surface area contributed by atoms with Crippen LogP contribution in [0.15, 0.2) is 28.7 Å². The predicted octanol–water partition coefficient (Wildman–Crippen LogP) is 2.94. The second-order valence-electron chi connectivity index (χ2n) is 7.78. The van der Waals surface area contributed by atoms with Gasteiger partial charge in [-0.05, 0) is 56.9 Å². The standard InChI is InChI=1S/C20H25ClN4O4S/c1-2-30(27,28)24-11-9-15(10-12-24)20(26)25(17-7-8-17)13-18-22-23-19(29-18)14-3-5-16(21)6-4-14/h3-6,15,17H,2,7-13H2,1H3. The Labute approximate surface area is 181 Å². The van der Waals surface area contributed by atoms with Gasteiger partial charge in [-0.1, -0.05) is 11.6 Å². The highest BCUT2D eigenvalue weighted by Crippen LogP contribution is 2.32. The molecule has 10 heteroatoms. The summed E-state index contributed by atoms with van der Waals surface area (Å²) < 4.78 is 31.4. The van der Waals surface area contributed by atoms with E-state index >= 15 is 0 Å². The third-order valence-electron chi connectivity index (χ3n) is 5.70. The molecule has 0 bridgehead atoms. The number of carbonyl (C=O) groups is 1. The van der Waals surface area contributed by atoms with E-state index < -0.39 is 10.0 Å². The fourth-order valence-electron chi connectivity index (χ4n) is 3.74. The van der Waals surface area contributed by atoms with Gasteiger partial charge in [0.25, 0.3) is 0 Å². The molecule has 2 heterocycles. The molecule has 0 unspecified atom stereocenters. The highest BCUT2D eigenvalue weighted by Gasteiger charge is 2.39. The zero-order valence-electron chi connectivity index (χ0n) is 16.8. The molecule has 0 atom stereocenters. The van der Waals surface area contributed by atoms with Crippen LogP contribution in [0.5, 0.6) is 0 Å². The van der Waals surface area contributed by atoms with Gasteiger partial charge >= 0.3 is 0 Å². The average molecular weight is 453 g/mol. The van der Waals surface area contributed by atoms with Crippen LogP contribution in [-0.4, -0.2) is 58.6 Å². The third-order valence-corrected chi connectivity index (χ3v) is 7.83. The van der Waals surface area contributed by atoms with Crippen LogP contribution in [0.4, 0.5) is 0 Å². The summed E-state index contributed by atoms with van der Waals surface area (Å²) in [5.41, 5.74) is 0.770. The summed E-state index contributed by atoms with van der Waals surface area (Å²) in [4.78, 5) is 15.0. The van der Waals surface area contributed by atoms with E-state index in [1.807, 2.05) is 17.0 Å². The Morgan fingerprint density at radius 1 is 1.17 bits per heavy atom. The number of amides is 1. The third kappa shape index (κ3) is 4.68. The lowest BCUT2D eigenvalue weighted by atomic mass is 9.96. The van der Waals surface area contributed by atoms with Gasteiger partial charge in [-0.25, -0.2) is 12.7 Å². The minimum atomic E-state index is -3.20. The number of benzene rings is 1. The molecule has 0 spiro atoms. The first-order chi connectivity index (χ1) is 14.4. The van der Waals surface area contributed by atoms with E-state index in [1.54, 1.807) is 19.1 Å². The molecule has 2 aliphatic rings. The van der Waals surface area contributed by atoms with Crippen LogP contribution in [0.1, 0.15) is 38.5 Å². The lowest BCUT2D eigenvalue weighted by Crippen LogP contribution is -2.45. The molecule has 8 nitrogen and oxygen atoms in total. The van der Waals surface area contributed by atoms with E-state index in [0.717, 1.165) is 18.4 Å². The van der Waals surface area contributed by atoms with Gasteiger partial charge in [0, 0.05) is 35.6 Å². The van der Waals surface area contributed by atoms with Gasteiger partial charge in [0.1, 0.15) is 0 Å². The normalized spacial score (nSPS) is 18.5. The fraction of sp³-hybridized carbons (Fsp3) is 0.550. The van der Waals surface area contributed by atoms with Crippen molar-refractivity contribution in [3.05, 3.63) is 35.2 Å². The topological polar surface area (TPSA) is 96.6 Å². The predicted molar refractivity (Wildman–Crippen MR) is 112 cm³/mol. The van der Waals surface area contributed by atoms with Gasteiger partial charge in [0.15, 0.2) is 0 Å². The largest absolute Gasteiger partial charge is 0.419 e. The van der Waals surface area contributed by atoms with Gasteiger partial charge < -0.3 is 9.32 Å². The maximum atomic E-state index is 13.2. The molecular weight excluding hydrogens is 428 g/mol. The first-order valence-electron chi connectivity index (χ1n) is 10.2. The Morgan fingerprint density at radius 3 is 2.43 bits per heavy atom. The summed E-state index contributed by atoms with van der Waals surface area (Å²) in [6, 6.07) is 7.32. The number of sulfonamides is 1. The molecule has 1 aromatic carbocycles. The molecule has 4 rings (SSSR count). The molecule has 1 aliphatic heterocycles. The van der Waals surface area contributed by atoms with Gasteiger partial charge in [-0.3, -0.25) is 4.79 Å². The van der Waals surface area contributed by atoms with E-state index in [1.165, 1.54) is 4.31 Å². The average Bonchev–Trinajstić information content (AvgIpc) is 3.50. The summed E-state index contributed by atoms with van der Waals surface area (Å²) in [7, 11) is -3.20. The monoisotopic (exact) mass is 452 g/mol. The minimum Gasteiger partial charge on any atom is -0.419 e. The van der Waals surface area contributed by atoms with Gasteiger partial charge in [0.05, 0.1) is 12.3 Å². The smallest absolute Gasteiger partial charge is 0.247 e. The lowest BCUT2D eigenvalue weighted by Gasteiger charge is -2.33. The van der Waals surface area contributed by atoms with Crippen molar-refractivity contribution >= 4 is 27.5 Å². The highest BCUT2D eigenvalue weighted by atomic mass is 35.5. The molecule has 0 radical (unpaired) electrons. The Kier molecular flexibility index (Phi) is 6.13. The van der Waals surface area contributed by atoms with E-state index in [-0.39, 0.29) is 30.2 Å². The molecule has 1 aromatic heterocycles. The van der Waals surface area contributed by atoms with E-state index in [0.29, 0.717) is 42.7 Å². The fourth-order valence-corrected chi connectivity index (χ4v) is 5.00. The molecule has 1 saturated heterocycles. The number of halogens is 1. The van der Waals surface area contributed by atoms with Crippen LogP contribution in [-0.2, 0) is 21.4 Å². The van der Waals surface area contributed by atoms with Gasteiger partial charge in [-0.15, -0.1) is 10.2 Å². The van der Waals surface area contributed by atoms with Crippen molar-refractivity contribution in [1.29, 1.82) is 0 Å². The number of nitrogens with zero attached hydrogens (tertiary/aromatic N) is 4. The van der Waals surface area contributed by atoms with Gasteiger partial charge in [0.2, 0.25) is 27.7 Å². The minimum absolute atomic E-state index is 0.0530.